The van der Waals surface area contributed by atoms with Crippen molar-refractivity contribution in [3.05, 3.63) is 29.0 Å². The van der Waals surface area contributed by atoms with Crippen LogP contribution in [-0.2, 0) is 0 Å². The first kappa shape index (κ1) is 10.8. The standard InChI is InChI=1S/C9H10ClFN2O/c1-13(2)9(14)12-7-5-3-4-6(10)8(7)11/h3-5H,1-2H3,(H,12,14). The van der Waals surface area contributed by atoms with Crippen LogP contribution < -0.4 is 5.32 Å². The normalized spacial score (nSPS) is 9.71. The van der Waals surface area contributed by atoms with Crippen LogP contribution in [-0.4, -0.2) is 25.0 Å². The third-order valence-electron chi connectivity index (χ3n) is 1.60. The molecule has 1 aromatic carbocycles. The SMILES string of the molecule is CN(C)C(=O)Nc1cccc(Cl)c1F. The van der Waals surface area contributed by atoms with Crippen LogP contribution in [0.3, 0.4) is 0 Å². The molecule has 0 unspecified atom stereocenters. The number of carbonyl (C=O) groups is 1. The fourth-order valence-electron chi connectivity index (χ4n) is 0.827. The first-order valence-electron chi connectivity index (χ1n) is 3.94. The van der Waals surface area contributed by atoms with Crippen molar-refractivity contribution in [1.82, 2.24) is 4.90 Å². The molecule has 0 fully saturated rings. The molecule has 0 spiro atoms. The second-order valence-electron chi connectivity index (χ2n) is 2.93. The highest BCUT2D eigenvalue weighted by atomic mass is 35.5. The summed E-state index contributed by atoms with van der Waals surface area (Å²) in [6.07, 6.45) is 0. The molecule has 0 bridgehead atoms. The first-order valence-corrected chi connectivity index (χ1v) is 4.32. The molecule has 0 heterocycles. The topological polar surface area (TPSA) is 32.3 Å². The van der Waals surface area contributed by atoms with E-state index in [1.165, 1.54) is 17.0 Å². The van der Waals surface area contributed by atoms with Crippen molar-refractivity contribution in [2.24, 2.45) is 0 Å². The summed E-state index contributed by atoms with van der Waals surface area (Å²) in [6.45, 7) is 0. The molecular weight excluding hydrogens is 207 g/mol. The van der Waals surface area contributed by atoms with Crippen molar-refractivity contribution in [3.8, 4) is 0 Å². The highest BCUT2D eigenvalue weighted by Crippen LogP contribution is 2.21. The van der Waals surface area contributed by atoms with Crippen LogP contribution in [0.5, 0.6) is 0 Å². The molecule has 14 heavy (non-hydrogen) atoms. The maximum Gasteiger partial charge on any atom is 0.321 e. The van der Waals surface area contributed by atoms with Gasteiger partial charge in [0.2, 0.25) is 0 Å². The third kappa shape index (κ3) is 2.35. The highest BCUT2D eigenvalue weighted by molar-refractivity contribution is 6.31. The zero-order valence-corrected chi connectivity index (χ0v) is 8.60. The van der Waals surface area contributed by atoms with Crippen LogP contribution in [0.25, 0.3) is 0 Å². The van der Waals surface area contributed by atoms with Gasteiger partial charge in [0.25, 0.3) is 0 Å². The Morgan fingerprint density at radius 2 is 2.14 bits per heavy atom. The highest BCUT2D eigenvalue weighted by Gasteiger charge is 2.09. The van der Waals surface area contributed by atoms with E-state index < -0.39 is 11.8 Å². The summed E-state index contributed by atoms with van der Waals surface area (Å²) in [6, 6.07) is 4.03. The van der Waals surface area contributed by atoms with E-state index in [2.05, 4.69) is 5.32 Å². The lowest BCUT2D eigenvalue weighted by Gasteiger charge is -2.12. The third-order valence-corrected chi connectivity index (χ3v) is 1.89. The van der Waals surface area contributed by atoms with Gasteiger partial charge in [-0.3, -0.25) is 0 Å². The molecule has 0 aromatic heterocycles. The number of carbonyl (C=O) groups excluding carboxylic acids is 1. The second-order valence-corrected chi connectivity index (χ2v) is 3.33. The summed E-state index contributed by atoms with van der Waals surface area (Å²) in [5.74, 6) is -0.621. The number of hydrogen-bond acceptors (Lipinski definition) is 1. The average molecular weight is 217 g/mol. The van der Waals surface area contributed by atoms with Gasteiger partial charge in [0.15, 0.2) is 5.82 Å². The number of amides is 2. The van der Waals surface area contributed by atoms with E-state index in [4.69, 9.17) is 11.6 Å². The zero-order valence-electron chi connectivity index (χ0n) is 7.84. The minimum atomic E-state index is -0.621. The van der Waals surface area contributed by atoms with Gasteiger partial charge < -0.3 is 10.2 Å². The molecule has 0 saturated carbocycles. The van der Waals surface area contributed by atoms with Crippen molar-refractivity contribution >= 4 is 23.3 Å². The van der Waals surface area contributed by atoms with Crippen LogP contribution in [0.1, 0.15) is 0 Å². The van der Waals surface area contributed by atoms with Crippen molar-refractivity contribution < 1.29 is 9.18 Å². The van der Waals surface area contributed by atoms with Crippen LogP contribution in [0.4, 0.5) is 14.9 Å². The predicted molar refractivity (Wildman–Crippen MR) is 54.1 cm³/mol. The van der Waals surface area contributed by atoms with Crippen LogP contribution in [0, 0.1) is 5.82 Å². The Morgan fingerprint density at radius 1 is 1.50 bits per heavy atom. The Hall–Kier alpha value is -1.29. The zero-order chi connectivity index (χ0) is 10.7. The summed E-state index contributed by atoms with van der Waals surface area (Å²) in [5.41, 5.74) is 0.0798. The molecular formula is C9H10ClFN2O. The Kier molecular flexibility index (Phi) is 3.30. The monoisotopic (exact) mass is 216 g/mol. The van der Waals surface area contributed by atoms with Crippen molar-refractivity contribution in [2.45, 2.75) is 0 Å². The fourth-order valence-corrected chi connectivity index (χ4v) is 1.00. The lowest BCUT2D eigenvalue weighted by atomic mass is 10.3. The molecule has 1 aromatic rings. The molecule has 76 valence electrons. The number of urea groups is 1. The number of benzene rings is 1. The maximum atomic E-state index is 13.3. The van der Waals surface area contributed by atoms with E-state index in [9.17, 15) is 9.18 Å². The lowest BCUT2D eigenvalue weighted by molar-refractivity contribution is 0.230. The number of halogens is 2. The Bertz CT molecular complexity index is 355. The number of anilines is 1. The van der Waals surface area contributed by atoms with Crippen molar-refractivity contribution in [3.63, 3.8) is 0 Å². The molecule has 0 atom stereocenters. The quantitative estimate of drug-likeness (QED) is 0.769. The van der Waals surface area contributed by atoms with Crippen molar-refractivity contribution in [2.75, 3.05) is 19.4 Å². The minimum Gasteiger partial charge on any atom is -0.331 e. The van der Waals surface area contributed by atoms with Gasteiger partial charge >= 0.3 is 6.03 Å². The summed E-state index contributed by atoms with van der Waals surface area (Å²) in [5, 5.41) is 2.37. The van der Waals surface area contributed by atoms with Crippen molar-refractivity contribution in [1.29, 1.82) is 0 Å². The van der Waals surface area contributed by atoms with Gasteiger partial charge in [0.05, 0.1) is 10.7 Å². The number of rotatable bonds is 1. The Morgan fingerprint density at radius 3 is 2.71 bits per heavy atom. The summed E-state index contributed by atoms with van der Waals surface area (Å²) >= 11 is 5.54. The molecule has 1 N–H and O–H groups in total. The van der Waals surface area contributed by atoms with Crippen LogP contribution in [0.2, 0.25) is 5.02 Å². The van der Waals surface area contributed by atoms with E-state index in [-0.39, 0.29) is 10.7 Å². The molecule has 2 amide bonds. The van der Waals surface area contributed by atoms with Gasteiger partial charge in [-0.25, -0.2) is 9.18 Å². The molecule has 3 nitrogen and oxygen atoms in total. The Labute approximate surface area is 86.5 Å². The van der Waals surface area contributed by atoms with E-state index >= 15 is 0 Å². The lowest BCUT2D eigenvalue weighted by Crippen LogP contribution is -2.27. The number of nitrogens with zero attached hydrogens (tertiary/aromatic N) is 1. The Balaban J connectivity index is 2.87. The van der Waals surface area contributed by atoms with Crippen LogP contribution in [0.15, 0.2) is 18.2 Å². The summed E-state index contributed by atoms with van der Waals surface area (Å²) in [4.78, 5) is 12.5. The molecule has 0 aliphatic carbocycles. The molecule has 5 heteroatoms. The van der Waals surface area contributed by atoms with E-state index in [1.807, 2.05) is 0 Å². The smallest absolute Gasteiger partial charge is 0.321 e. The summed E-state index contributed by atoms with van der Waals surface area (Å²) in [7, 11) is 3.13. The van der Waals surface area contributed by atoms with E-state index in [1.54, 1.807) is 20.2 Å². The largest absolute Gasteiger partial charge is 0.331 e. The van der Waals surface area contributed by atoms with Crippen LogP contribution >= 0.6 is 11.6 Å². The van der Waals surface area contributed by atoms with Gasteiger partial charge in [-0.15, -0.1) is 0 Å². The molecule has 0 aliphatic heterocycles. The minimum absolute atomic E-state index is 0.0124. The van der Waals surface area contributed by atoms with E-state index in [0.29, 0.717) is 0 Å². The average Bonchev–Trinajstić information content (AvgIpc) is 2.12. The first-order chi connectivity index (χ1) is 6.52. The summed E-state index contributed by atoms with van der Waals surface area (Å²) < 4.78 is 13.3. The van der Waals surface area contributed by atoms with Gasteiger partial charge in [-0.1, -0.05) is 17.7 Å². The van der Waals surface area contributed by atoms with E-state index in [0.717, 1.165) is 0 Å². The maximum absolute atomic E-state index is 13.3. The number of hydrogen-bond donors (Lipinski definition) is 1. The van der Waals surface area contributed by atoms with Gasteiger partial charge in [0, 0.05) is 14.1 Å². The molecule has 1 rings (SSSR count). The van der Waals surface area contributed by atoms with Gasteiger partial charge in [0.1, 0.15) is 0 Å². The fraction of sp³-hybridized carbons (Fsp3) is 0.222. The van der Waals surface area contributed by atoms with Gasteiger partial charge in [-0.2, -0.15) is 0 Å². The molecule has 0 radical (unpaired) electrons. The molecule has 0 aliphatic rings. The molecule has 0 saturated heterocycles. The van der Waals surface area contributed by atoms with Gasteiger partial charge in [-0.05, 0) is 12.1 Å². The predicted octanol–water partition coefficient (Wildman–Crippen LogP) is 2.57. The number of nitrogens with one attached hydrogen (secondary N) is 1. The second kappa shape index (κ2) is 4.28.